The maximum absolute atomic E-state index is 11.4. The van der Waals surface area contributed by atoms with Gasteiger partial charge in [-0.3, -0.25) is 14.7 Å². The van der Waals surface area contributed by atoms with E-state index in [1.807, 2.05) is 6.07 Å². The van der Waals surface area contributed by atoms with E-state index in [-0.39, 0.29) is 12.0 Å². The van der Waals surface area contributed by atoms with Crippen LogP contribution in [0.25, 0.3) is 0 Å². The third-order valence-electron chi connectivity index (χ3n) is 2.75. The number of hydrogen-bond acceptors (Lipinski definition) is 4. The van der Waals surface area contributed by atoms with Crippen molar-refractivity contribution >= 4 is 17.6 Å². The number of esters is 1. The van der Waals surface area contributed by atoms with Crippen LogP contribution in [0.1, 0.15) is 12.0 Å². The van der Waals surface area contributed by atoms with E-state index in [9.17, 15) is 4.79 Å². The van der Waals surface area contributed by atoms with Gasteiger partial charge in [0.25, 0.3) is 0 Å². The maximum atomic E-state index is 11.4. The summed E-state index contributed by atoms with van der Waals surface area (Å²) in [7, 11) is 1.42. The van der Waals surface area contributed by atoms with Gasteiger partial charge in [0.05, 0.1) is 12.1 Å². The summed E-state index contributed by atoms with van der Waals surface area (Å²) in [4.78, 5) is 17.4. The molecule has 1 unspecified atom stereocenters. The molecule has 0 bridgehead atoms. The van der Waals surface area contributed by atoms with Crippen LogP contribution in [0.5, 0.6) is 0 Å². The first-order valence-electron chi connectivity index (χ1n) is 5.12. The van der Waals surface area contributed by atoms with Crippen molar-refractivity contribution in [2.45, 2.75) is 19.0 Å². The fourth-order valence-electron chi connectivity index (χ4n) is 1.81. The molecule has 0 N–H and O–H groups in total. The fourth-order valence-corrected chi connectivity index (χ4v) is 2.01. The minimum atomic E-state index is -0.166. The third kappa shape index (κ3) is 2.33. The standard InChI is InChI=1S/C11H13ClN2O2/c1-16-11(15)10-2-3-14(10)7-8-4-9(12)6-13-5-8/h4-6,10H,2-3,7H2,1H3. The lowest BCUT2D eigenvalue weighted by Gasteiger charge is -2.38. The van der Waals surface area contributed by atoms with Gasteiger partial charge in [-0.1, -0.05) is 11.6 Å². The lowest BCUT2D eigenvalue weighted by Crippen LogP contribution is -2.52. The number of hydrogen-bond donors (Lipinski definition) is 0. The van der Waals surface area contributed by atoms with Crippen LogP contribution in [0.2, 0.25) is 5.02 Å². The highest BCUT2D eigenvalue weighted by Crippen LogP contribution is 2.22. The van der Waals surface area contributed by atoms with Crippen LogP contribution in [-0.2, 0) is 16.1 Å². The highest BCUT2D eigenvalue weighted by Gasteiger charge is 2.34. The van der Waals surface area contributed by atoms with Crippen molar-refractivity contribution in [2.24, 2.45) is 0 Å². The normalized spacial score (nSPS) is 20.2. The Morgan fingerprint density at radius 3 is 3.06 bits per heavy atom. The second-order valence-electron chi connectivity index (χ2n) is 3.81. The van der Waals surface area contributed by atoms with E-state index in [4.69, 9.17) is 16.3 Å². The summed E-state index contributed by atoms with van der Waals surface area (Å²) in [6, 6.07) is 1.75. The van der Waals surface area contributed by atoms with E-state index < -0.39 is 0 Å². The molecule has 0 amide bonds. The summed E-state index contributed by atoms with van der Waals surface area (Å²) < 4.78 is 4.72. The first-order chi connectivity index (χ1) is 7.70. The Morgan fingerprint density at radius 2 is 2.50 bits per heavy atom. The van der Waals surface area contributed by atoms with Crippen LogP contribution in [-0.4, -0.2) is 35.5 Å². The number of rotatable bonds is 3. The molecule has 1 aliphatic heterocycles. The number of halogens is 1. The summed E-state index contributed by atoms with van der Waals surface area (Å²) in [5, 5.41) is 0.618. The van der Waals surface area contributed by atoms with Crippen LogP contribution in [0.4, 0.5) is 0 Å². The average Bonchev–Trinajstić information content (AvgIpc) is 2.24. The van der Waals surface area contributed by atoms with E-state index in [2.05, 4.69) is 9.88 Å². The number of carbonyl (C=O) groups excluding carboxylic acids is 1. The first-order valence-corrected chi connectivity index (χ1v) is 5.50. The molecule has 86 valence electrons. The van der Waals surface area contributed by atoms with E-state index in [1.54, 1.807) is 12.4 Å². The van der Waals surface area contributed by atoms with Gasteiger partial charge in [-0.2, -0.15) is 0 Å². The number of methoxy groups -OCH3 is 1. The summed E-state index contributed by atoms with van der Waals surface area (Å²) in [6.07, 6.45) is 4.22. The molecular weight excluding hydrogens is 228 g/mol. The zero-order chi connectivity index (χ0) is 11.5. The topological polar surface area (TPSA) is 42.4 Å². The smallest absolute Gasteiger partial charge is 0.323 e. The minimum absolute atomic E-state index is 0.107. The number of nitrogens with zero attached hydrogens (tertiary/aromatic N) is 2. The largest absolute Gasteiger partial charge is 0.468 e. The Labute approximate surface area is 99.2 Å². The second kappa shape index (κ2) is 4.80. The summed E-state index contributed by atoms with van der Waals surface area (Å²) >= 11 is 5.84. The van der Waals surface area contributed by atoms with Crippen molar-refractivity contribution in [3.8, 4) is 0 Å². The van der Waals surface area contributed by atoms with Gasteiger partial charge in [-0.25, -0.2) is 0 Å². The van der Waals surface area contributed by atoms with E-state index >= 15 is 0 Å². The molecular formula is C11H13ClN2O2. The Balaban J connectivity index is 1.98. The van der Waals surface area contributed by atoms with Gasteiger partial charge >= 0.3 is 5.97 Å². The molecule has 1 atom stereocenters. The molecule has 4 nitrogen and oxygen atoms in total. The lowest BCUT2D eigenvalue weighted by molar-refractivity contribution is -0.152. The number of carbonyl (C=O) groups is 1. The molecule has 5 heteroatoms. The van der Waals surface area contributed by atoms with E-state index in [0.717, 1.165) is 18.5 Å². The molecule has 1 fully saturated rings. The van der Waals surface area contributed by atoms with Crippen molar-refractivity contribution in [1.29, 1.82) is 0 Å². The lowest BCUT2D eigenvalue weighted by atomic mass is 10.0. The maximum Gasteiger partial charge on any atom is 0.323 e. The van der Waals surface area contributed by atoms with Gasteiger partial charge < -0.3 is 4.74 Å². The van der Waals surface area contributed by atoms with Crippen LogP contribution in [0.3, 0.4) is 0 Å². The van der Waals surface area contributed by atoms with Crippen LogP contribution < -0.4 is 0 Å². The zero-order valence-electron chi connectivity index (χ0n) is 9.02. The quantitative estimate of drug-likeness (QED) is 0.751. The summed E-state index contributed by atoms with van der Waals surface area (Å²) in [6.45, 7) is 1.60. The molecule has 0 radical (unpaired) electrons. The third-order valence-corrected chi connectivity index (χ3v) is 2.96. The molecule has 2 heterocycles. The Morgan fingerprint density at radius 1 is 1.69 bits per heavy atom. The second-order valence-corrected chi connectivity index (χ2v) is 4.25. The summed E-state index contributed by atoms with van der Waals surface area (Å²) in [5.74, 6) is -0.166. The predicted octanol–water partition coefficient (Wildman–Crippen LogP) is 1.48. The van der Waals surface area contributed by atoms with Gasteiger partial charge in [0, 0.05) is 25.5 Å². The highest BCUT2D eigenvalue weighted by molar-refractivity contribution is 6.30. The van der Waals surface area contributed by atoms with Gasteiger partial charge in [0.15, 0.2) is 0 Å². The van der Waals surface area contributed by atoms with Crippen LogP contribution in [0, 0.1) is 0 Å². The Bertz CT molecular complexity index is 397. The monoisotopic (exact) mass is 240 g/mol. The number of aromatic nitrogens is 1. The van der Waals surface area contributed by atoms with Crippen molar-refractivity contribution < 1.29 is 9.53 Å². The van der Waals surface area contributed by atoms with Crippen molar-refractivity contribution in [1.82, 2.24) is 9.88 Å². The molecule has 0 aliphatic carbocycles. The molecule has 0 saturated carbocycles. The molecule has 0 aromatic carbocycles. The van der Waals surface area contributed by atoms with Crippen molar-refractivity contribution in [3.63, 3.8) is 0 Å². The molecule has 1 aromatic rings. The molecule has 1 aliphatic rings. The van der Waals surface area contributed by atoms with E-state index in [0.29, 0.717) is 11.6 Å². The molecule has 16 heavy (non-hydrogen) atoms. The zero-order valence-corrected chi connectivity index (χ0v) is 9.78. The molecule has 1 aromatic heterocycles. The highest BCUT2D eigenvalue weighted by atomic mass is 35.5. The van der Waals surface area contributed by atoms with Gasteiger partial charge in [0.2, 0.25) is 0 Å². The average molecular weight is 241 g/mol. The number of likely N-dealkylation sites (tertiary alicyclic amines) is 1. The van der Waals surface area contributed by atoms with Gasteiger partial charge in [-0.05, 0) is 18.1 Å². The Hall–Kier alpha value is -1.13. The Kier molecular flexibility index (Phi) is 3.41. The molecule has 2 rings (SSSR count). The minimum Gasteiger partial charge on any atom is -0.468 e. The van der Waals surface area contributed by atoms with Crippen molar-refractivity contribution in [3.05, 3.63) is 29.0 Å². The fraction of sp³-hybridized carbons (Fsp3) is 0.455. The predicted molar refractivity (Wildman–Crippen MR) is 60.1 cm³/mol. The number of ether oxygens (including phenoxy) is 1. The van der Waals surface area contributed by atoms with Crippen molar-refractivity contribution in [2.75, 3.05) is 13.7 Å². The molecule has 1 saturated heterocycles. The number of pyridine rings is 1. The van der Waals surface area contributed by atoms with Gasteiger partial charge in [0.1, 0.15) is 6.04 Å². The summed E-state index contributed by atoms with van der Waals surface area (Å²) in [5.41, 5.74) is 1.01. The molecule has 0 spiro atoms. The van der Waals surface area contributed by atoms with Crippen LogP contribution in [0.15, 0.2) is 18.5 Å². The first kappa shape index (κ1) is 11.4. The van der Waals surface area contributed by atoms with Gasteiger partial charge in [-0.15, -0.1) is 0 Å². The van der Waals surface area contributed by atoms with E-state index in [1.165, 1.54) is 7.11 Å². The van der Waals surface area contributed by atoms with Crippen LogP contribution >= 0.6 is 11.6 Å². The SMILES string of the molecule is COC(=O)C1CCN1Cc1cncc(Cl)c1.